The molecular weight excluding hydrogens is 322 g/mol. The average Bonchev–Trinajstić information content (AvgIpc) is 2.66. The van der Waals surface area contributed by atoms with Crippen LogP contribution in [0.15, 0.2) is 34.4 Å². The standard InChI is InChI=1S/C16H23N7O2/c1-20-15(24)12-19-23(16(20)25)7-3-2-6-21-8-10-22(11-9-21)14-4-5-17-13-18-14/h4-5,12-13H,2-3,6-11H2,1H3. The van der Waals surface area contributed by atoms with Crippen LogP contribution < -0.4 is 16.1 Å². The molecule has 0 aliphatic carbocycles. The Kier molecular flexibility index (Phi) is 5.54. The normalized spacial score (nSPS) is 15.5. The highest BCUT2D eigenvalue weighted by atomic mass is 16.2. The summed E-state index contributed by atoms with van der Waals surface area (Å²) in [6.07, 6.45) is 6.39. The molecule has 134 valence electrons. The molecule has 3 heterocycles. The van der Waals surface area contributed by atoms with Gasteiger partial charge in [0.05, 0.1) is 0 Å². The first kappa shape index (κ1) is 17.3. The summed E-state index contributed by atoms with van der Waals surface area (Å²) in [5.41, 5.74) is -0.728. The molecule has 0 spiro atoms. The van der Waals surface area contributed by atoms with Crippen LogP contribution in [-0.2, 0) is 13.6 Å². The Balaban J connectivity index is 1.40. The molecule has 1 fully saturated rings. The highest BCUT2D eigenvalue weighted by molar-refractivity contribution is 5.36. The molecule has 2 aromatic heterocycles. The van der Waals surface area contributed by atoms with Crippen LogP contribution in [-0.4, -0.2) is 61.9 Å². The lowest BCUT2D eigenvalue weighted by atomic mass is 10.2. The summed E-state index contributed by atoms with van der Waals surface area (Å²) in [6.45, 7) is 5.45. The van der Waals surface area contributed by atoms with Gasteiger partial charge in [0.1, 0.15) is 18.3 Å². The van der Waals surface area contributed by atoms with Gasteiger partial charge >= 0.3 is 5.69 Å². The predicted octanol–water partition coefficient (Wildman–Crippen LogP) is -0.666. The summed E-state index contributed by atoms with van der Waals surface area (Å²) in [5, 5.41) is 3.90. The lowest BCUT2D eigenvalue weighted by molar-refractivity contribution is 0.249. The Bertz CT molecular complexity index is 794. The van der Waals surface area contributed by atoms with E-state index in [1.165, 1.54) is 17.9 Å². The van der Waals surface area contributed by atoms with Crippen molar-refractivity contribution in [3.05, 3.63) is 45.6 Å². The van der Waals surface area contributed by atoms with Gasteiger partial charge in [-0.1, -0.05) is 0 Å². The van der Waals surface area contributed by atoms with E-state index in [0.717, 1.165) is 56.0 Å². The van der Waals surface area contributed by atoms with Gasteiger partial charge in [0.2, 0.25) is 0 Å². The molecule has 1 aliphatic heterocycles. The zero-order valence-corrected chi connectivity index (χ0v) is 14.4. The first-order valence-corrected chi connectivity index (χ1v) is 8.51. The number of hydrogen-bond donors (Lipinski definition) is 0. The second-order valence-electron chi connectivity index (χ2n) is 6.15. The summed E-state index contributed by atoms with van der Waals surface area (Å²) in [6, 6.07) is 1.94. The number of aryl methyl sites for hydroxylation is 1. The Morgan fingerprint density at radius 1 is 1.08 bits per heavy atom. The van der Waals surface area contributed by atoms with Crippen molar-refractivity contribution in [2.75, 3.05) is 37.6 Å². The van der Waals surface area contributed by atoms with Crippen LogP contribution in [0.25, 0.3) is 0 Å². The van der Waals surface area contributed by atoms with E-state index < -0.39 is 0 Å². The summed E-state index contributed by atoms with van der Waals surface area (Å²) < 4.78 is 2.44. The van der Waals surface area contributed by atoms with Crippen LogP contribution in [0.3, 0.4) is 0 Å². The number of nitrogens with zero attached hydrogens (tertiary/aromatic N) is 7. The van der Waals surface area contributed by atoms with Crippen molar-refractivity contribution >= 4 is 5.82 Å². The van der Waals surface area contributed by atoms with Crippen molar-refractivity contribution in [1.29, 1.82) is 0 Å². The van der Waals surface area contributed by atoms with E-state index in [9.17, 15) is 9.59 Å². The van der Waals surface area contributed by atoms with Gasteiger partial charge in [0.15, 0.2) is 0 Å². The fraction of sp³-hybridized carbons (Fsp3) is 0.562. The van der Waals surface area contributed by atoms with Crippen LogP contribution in [0.5, 0.6) is 0 Å². The summed E-state index contributed by atoms with van der Waals surface area (Å²) in [5.74, 6) is 0.981. The lowest BCUT2D eigenvalue weighted by Crippen LogP contribution is -2.47. The fourth-order valence-electron chi connectivity index (χ4n) is 2.94. The van der Waals surface area contributed by atoms with Crippen molar-refractivity contribution in [2.24, 2.45) is 7.05 Å². The second-order valence-corrected chi connectivity index (χ2v) is 6.15. The molecule has 9 heteroatoms. The zero-order chi connectivity index (χ0) is 17.6. The number of rotatable bonds is 6. The predicted molar refractivity (Wildman–Crippen MR) is 93.7 cm³/mol. The molecule has 3 rings (SSSR count). The molecule has 0 amide bonds. The molecule has 25 heavy (non-hydrogen) atoms. The third-order valence-electron chi connectivity index (χ3n) is 4.50. The van der Waals surface area contributed by atoms with Crippen LogP contribution in [0.1, 0.15) is 12.8 Å². The van der Waals surface area contributed by atoms with E-state index in [4.69, 9.17) is 0 Å². The van der Waals surface area contributed by atoms with Crippen molar-refractivity contribution in [3.63, 3.8) is 0 Å². The lowest BCUT2D eigenvalue weighted by Gasteiger charge is -2.35. The fourth-order valence-corrected chi connectivity index (χ4v) is 2.94. The van der Waals surface area contributed by atoms with Crippen molar-refractivity contribution < 1.29 is 0 Å². The largest absolute Gasteiger partial charge is 0.354 e. The van der Waals surface area contributed by atoms with E-state index in [2.05, 4.69) is 24.9 Å². The maximum atomic E-state index is 11.9. The molecule has 9 nitrogen and oxygen atoms in total. The minimum atomic E-state index is -0.372. The third-order valence-corrected chi connectivity index (χ3v) is 4.50. The molecule has 0 saturated carbocycles. The number of unbranched alkanes of at least 4 members (excludes halogenated alkanes) is 1. The van der Waals surface area contributed by atoms with Gasteiger partial charge in [-0.3, -0.25) is 14.3 Å². The summed E-state index contributed by atoms with van der Waals surface area (Å²) in [7, 11) is 1.47. The van der Waals surface area contributed by atoms with Gasteiger partial charge in [-0.15, -0.1) is 0 Å². The Morgan fingerprint density at radius 2 is 1.84 bits per heavy atom. The summed E-state index contributed by atoms with van der Waals surface area (Å²) in [4.78, 5) is 36.2. The zero-order valence-electron chi connectivity index (χ0n) is 14.4. The monoisotopic (exact) mass is 345 g/mol. The van der Waals surface area contributed by atoms with E-state index in [-0.39, 0.29) is 11.2 Å². The van der Waals surface area contributed by atoms with Crippen LogP contribution >= 0.6 is 0 Å². The van der Waals surface area contributed by atoms with Gasteiger partial charge in [0, 0.05) is 46.0 Å². The smallest absolute Gasteiger partial charge is 0.347 e. The Morgan fingerprint density at radius 3 is 2.56 bits per heavy atom. The Labute approximate surface area is 145 Å². The molecule has 0 radical (unpaired) electrons. The van der Waals surface area contributed by atoms with E-state index in [0.29, 0.717) is 6.54 Å². The average molecular weight is 345 g/mol. The minimum Gasteiger partial charge on any atom is -0.354 e. The quantitative estimate of drug-likeness (QED) is 0.642. The third kappa shape index (κ3) is 4.30. The molecule has 1 aliphatic rings. The van der Waals surface area contributed by atoms with Crippen molar-refractivity contribution in [2.45, 2.75) is 19.4 Å². The molecule has 0 aromatic carbocycles. The molecule has 1 saturated heterocycles. The van der Waals surface area contributed by atoms with Crippen molar-refractivity contribution in [3.8, 4) is 0 Å². The van der Waals surface area contributed by atoms with Crippen LogP contribution in [0.2, 0.25) is 0 Å². The van der Waals surface area contributed by atoms with Crippen LogP contribution in [0.4, 0.5) is 5.82 Å². The highest BCUT2D eigenvalue weighted by Gasteiger charge is 2.17. The number of aromatic nitrogens is 5. The maximum Gasteiger partial charge on any atom is 0.347 e. The maximum absolute atomic E-state index is 11.9. The van der Waals surface area contributed by atoms with Crippen LogP contribution in [0, 0.1) is 0 Å². The number of anilines is 1. The number of hydrogen-bond acceptors (Lipinski definition) is 7. The molecule has 2 aromatic rings. The van der Waals surface area contributed by atoms with Gasteiger partial charge in [-0.05, 0) is 25.5 Å². The highest BCUT2D eigenvalue weighted by Crippen LogP contribution is 2.12. The van der Waals surface area contributed by atoms with Gasteiger partial charge in [0.25, 0.3) is 5.56 Å². The SMILES string of the molecule is Cn1c(=O)cnn(CCCCN2CCN(c3ccncn3)CC2)c1=O. The topological polar surface area (TPSA) is 89.2 Å². The molecule has 0 N–H and O–H groups in total. The van der Waals surface area contributed by atoms with E-state index in [1.807, 2.05) is 6.07 Å². The molecule has 0 unspecified atom stereocenters. The van der Waals surface area contributed by atoms with Gasteiger partial charge in [-0.25, -0.2) is 19.4 Å². The first-order valence-electron chi connectivity index (χ1n) is 8.51. The Hall–Kier alpha value is -2.55. The minimum absolute atomic E-state index is 0.356. The van der Waals surface area contributed by atoms with Gasteiger partial charge in [-0.2, -0.15) is 5.10 Å². The molecule has 0 atom stereocenters. The van der Waals surface area contributed by atoms with Gasteiger partial charge < -0.3 is 4.90 Å². The van der Waals surface area contributed by atoms with Crippen molar-refractivity contribution in [1.82, 2.24) is 29.2 Å². The number of piperazine rings is 1. The van der Waals surface area contributed by atoms with E-state index in [1.54, 1.807) is 12.5 Å². The first-order chi connectivity index (χ1) is 12.1. The van der Waals surface area contributed by atoms with E-state index >= 15 is 0 Å². The second kappa shape index (κ2) is 8.02. The molecule has 0 bridgehead atoms. The molecular formula is C16H23N7O2. The summed E-state index contributed by atoms with van der Waals surface area (Å²) >= 11 is 0.